The standard InChI is InChI=1S/C33H29ClN2O/c34-30-18-16-29(17-19-30)33(27-12-6-2-7-13-27,28-14-8-3-9-15-28)24-31(37)36-22-20-32(25-35,21-23-36)26-10-4-1-5-11-26/h1-19H,20-24H2. The Hall–Kier alpha value is -3.87. The van der Waals surface area contributed by atoms with Crippen LogP contribution in [0.25, 0.3) is 0 Å². The van der Waals surface area contributed by atoms with Crippen LogP contribution in [0.3, 0.4) is 0 Å². The van der Waals surface area contributed by atoms with Crippen LogP contribution in [0.15, 0.2) is 115 Å². The maximum atomic E-state index is 14.1. The minimum Gasteiger partial charge on any atom is -0.343 e. The summed E-state index contributed by atoms with van der Waals surface area (Å²) < 4.78 is 0. The highest BCUT2D eigenvalue weighted by Gasteiger charge is 2.42. The van der Waals surface area contributed by atoms with E-state index in [4.69, 9.17) is 11.6 Å². The van der Waals surface area contributed by atoms with Crippen molar-refractivity contribution >= 4 is 17.5 Å². The van der Waals surface area contributed by atoms with E-state index in [2.05, 4.69) is 30.3 Å². The van der Waals surface area contributed by atoms with Crippen molar-refractivity contribution in [3.05, 3.63) is 143 Å². The predicted octanol–water partition coefficient (Wildman–Crippen LogP) is 7.15. The fourth-order valence-corrected chi connectivity index (χ4v) is 5.81. The van der Waals surface area contributed by atoms with E-state index in [1.165, 1.54) is 0 Å². The molecular formula is C33H29ClN2O. The zero-order valence-electron chi connectivity index (χ0n) is 20.7. The number of benzene rings is 4. The number of nitrogens with zero attached hydrogens (tertiary/aromatic N) is 2. The Morgan fingerprint density at radius 1 is 0.757 bits per heavy atom. The van der Waals surface area contributed by atoms with Gasteiger partial charge in [-0.3, -0.25) is 4.79 Å². The van der Waals surface area contributed by atoms with Crippen LogP contribution < -0.4 is 0 Å². The Balaban J connectivity index is 1.51. The normalized spacial score (nSPS) is 15.1. The maximum absolute atomic E-state index is 14.1. The highest BCUT2D eigenvalue weighted by atomic mass is 35.5. The van der Waals surface area contributed by atoms with Crippen LogP contribution in [0.5, 0.6) is 0 Å². The molecule has 0 unspecified atom stereocenters. The van der Waals surface area contributed by atoms with Crippen molar-refractivity contribution in [3.8, 4) is 6.07 Å². The van der Waals surface area contributed by atoms with E-state index in [1.807, 2.05) is 95.9 Å². The van der Waals surface area contributed by atoms with Gasteiger partial charge in [-0.2, -0.15) is 5.26 Å². The van der Waals surface area contributed by atoms with Crippen LogP contribution in [0.1, 0.15) is 41.5 Å². The van der Waals surface area contributed by atoms with Crippen molar-refractivity contribution in [3.63, 3.8) is 0 Å². The number of nitriles is 1. The highest BCUT2D eigenvalue weighted by Crippen LogP contribution is 2.44. The van der Waals surface area contributed by atoms with E-state index in [0.29, 0.717) is 31.0 Å². The van der Waals surface area contributed by atoms with Crippen molar-refractivity contribution in [2.45, 2.75) is 30.1 Å². The lowest BCUT2D eigenvalue weighted by Gasteiger charge is -2.41. The molecule has 4 aromatic carbocycles. The average Bonchev–Trinajstić information content (AvgIpc) is 2.98. The summed E-state index contributed by atoms with van der Waals surface area (Å²) in [7, 11) is 0. The second-order valence-electron chi connectivity index (χ2n) is 9.76. The number of hydrogen-bond donors (Lipinski definition) is 0. The largest absolute Gasteiger partial charge is 0.343 e. The lowest BCUT2D eigenvalue weighted by molar-refractivity contribution is -0.133. The molecule has 1 aliphatic heterocycles. The molecule has 0 spiro atoms. The molecule has 37 heavy (non-hydrogen) atoms. The van der Waals surface area contributed by atoms with Crippen molar-refractivity contribution in [1.82, 2.24) is 4.90 Å². The molecule has 0 atom stereocenters. The van der Waals surface area contributed by atoms with Gasteiger partial charge in [-0.15, -0.1) is 0 Å². The van der Waals surface area contributed by atoms with Crippen molar-refractivity contribution < 1.29 is 4.79 Å². The molecule has 0 aliphatic carbocycles. The molecule has 3 nitrogen and oxygen atoms in total. The number of halogens is 1. The lowest BCUT2D eigenvalue weighted by Crippen LogP contribution is -2.47. The van der Waals surface area contributed by atoms with E-state index in [1.54, 1.807) is 0 Å². The summed E-state index contributed by atoms with van der Waals surface area (Å²) in [4.78, 5) is 16.0. The Kier molecular flexibility index (Phi) is 7.12. The van der Waals surface area contributed by atoms with Crippen molar-refractivity contribution in [2.24, 2.45) is 0 Å². The molecule has 0 saturated carbocycles. The van der Waals surface area contributed by atoms with Gasteiger partial charge in [-0.25, -0.2) is 0 Å². The molecule has 0 N–H and O–H groups in total. The fraction of sp³-hybridized carbons (Fsp3) is 0.212. The Morgan fingerprint density at radius 3 is 1.70 bits per heavy atom. The Morgan fingerprint density at radius 2 is 1.22 bits per heavy atom. The summed E-state index contributed by atoms with van der Waals surface area (Å²) in [5, 5.41) is 10.8. The van der Waals surface area contributed by atoms with Crippen LogP contribution in [0.2, 0.25) is 5.02 Å². The first-order valence-electron chi connectivity index (χ1n) is 12.7. The molecule has 4 heteroatoms. The van der Waals surface area contributed by atoms with Crippen LogP contribution >= 0.6 is 11.6 Å². The summed E-state index contributed by atoms with van der Waals surface area (Å²) in [6, 6.07) is 40.9. The molecule has 0 radical (unpaired) electrons. The molecule has 0 bridgehead atoms. The van der Waals surface area contributed by atoms with Crippen LogP contribution in [-0.2, 0) is 15.6 Å². The van der Waals surface area contributed by atoms with Crippen LogP contribution in [0, 0.1) is 11.3 Å². The fourth-order valence-electron chi connectivity index (χ4n) is 5.68. The second kappa shape index (κ2) is 10.6. The molecule has 0 aromatic heterocycles. The summed E-state index contributed by atoms with van der Waals surface area (Å²) in [6.07, 6.45) is 1.54. The number of amides is 1. The van der Waals surface area contributed by atoms with Gasteiger partial charge in [0.15, 0.2) is 0 Å². The summed E-state index contributed by atoms with van der Waals surface area (Å²) in [5.41, 5.74) is 2.95. The highest BCUT2D eigenvalue weighted by molar-refractivity contribution is 6.30. The molecule has 1 heterocycles. The number of hydrogen-bond acceptors (Lipinski definition) is 2. The molecule has 184 valence electrons. The van der Waals surface area contributed by atoms with Gasteiger partial charge in [0.05, 0.1) is 16.9 Å². The Labute approximate surface area is 223 Å². The molecule has 1 aliphatic rings. The summed E-state index contributed by atoms with van der Waals surface area (Å²) in [5.74, 6) is 0.0854. The SMILES string of the molecule is N#CC1(c2ccccc2)CCN(C(=O)CC(c2ccccc2)(c2ccccc2)c2ccc(Cl)cc2)CC1. The number of piperidine rings is 1. The van der Waals surface area contributed by atoms with E-state index in [9.17, 15) is 10.1 Å². The first kappa shape index (κ1) is 24.8. The van der Waals surface area contributed by atoms with Gasteiger partial charge in [0.2, 0.25) is 5.91 Å². The molecule has 5 rings (SSSR count). The minimum absolute atomic E-state index is 0.0854. The van der Waals surface area contributed by atoms with Gasteiger partial charge in [0.1, 0.15) is 0 Å². The zero-order valence-corrected chi connectivity index (χ0v) is 21.4. The smallest absolute Gasteiger partial charge is 0.224 e. The maximum Gasteiger partial charge on any atom is 0.224 e. The van der Waals surface area contributed by atoms with Gasteiger partial charge in [0, 0.05) is 24.5 Å². The number of carbonyl (C=O) groups is 1. The lowest BCUT2D eigenvalue weighted by atomic mass is 9.67. The van der Waals surface area contributed by atoms with Gasteiger partial charge < -0.3 is 4.90 Å². The molecule has 1 amide bonds. The first-order valence-corrected chi connectivity index (χ1v) is 13.1. The quantitative estimate of drug-likeness (QED) is 0.262. The summed E-state index contributed by atoms with van der Waals surface area (Å²) >= 11 is 6.27. The topological polar surface area (TPSA) is 44.1 Å². The Bertz CT molecular complexity index is 1330. The molecule has 1 fully saturated rings. The third-order valence-corrected chi connectivity index (χ3v) is 8.05. The number of rotatable bonds is 6. The van der Waals surface area contributed by atoms with Gasteiger partial charge >= 0.3 is 0 Å². The number of carbonyl (C=O) groups excluding carboxylic acids is 1. The first-order chi connectivity index (χ1) is 18.1. The number of likely N-dealkylation sites (tertiary alicyclic amines) is 1. The van der Waals surface area contributed by atoms with E-state index < -0.39 is 10.8 Å². The third-order valence-electron chi connectivity index (χ3n) is 7.80. The zero-order chi connectivity index (χ0) is 25.7. The average molecular weight is 505 g/mol. The minimum atomic E-state index is -0.673. The van der Waals surface area contributed by atoms with Crippen LogP contribution in [0.4, 0.5) is 0 Å². The van der Waals surface area contributed by atoms with Crippen molar-refractivity contribution in [2.75, 3.05) is 13.1 Å². The second-order valence-corrected chi connectivity index (χ2v) is 10.2. The van der Waals surface area contributed by atoms with Crippen molar-refractivity contribution in [1.29, 1.82) is 5.26 Å². The third kappa shape index (κ3) is 4.78. The van der Waals surface area contributed by atoms with Gasteiger partial charge in [-0.05, 0) is 47.2 Å². The van der Waals surface area contributed by atoms with E-state index in [0.717, 1.165) is 22.3 Å². The van der Waals surface area contributed by atoms with Crippen LogP contribution in [-0.4, -0.2) is 23.9 Å². The molecule has 4 aromatic rings. The molecule has 1 saturated heterocycles. The monoisotopic (exact) mass is 504 g/mol. The predicted molar refractivity (Wildman–Crippen MR) is 148 cm³/mol. The summed E-state index contributed by atoms with van der Waals surface area (Å²) in [6.45, 7) is 1.11. The van der Waals surface area contributed by atoms with E-state index >= 15 is 0 Å². The molecular weight excluding hydrogens is 476 g/mol. The van der Waals surface area contributed by atoms with Gasteiger partial charge in [0.25, 0.3) is 0 Å². The van der Waals surface area contributed by atoms with Gasteiger partial charge in [-0.1, -0.05) is 115 Å². The van der Waals surface area contributed by atoms with E-state index in [-0.39, 0.29) is 12.3 Å².